The van der Waals surface area contributed by atoms with Gasteiger partial charge >= 0.3 is 0 Å². The van der Waals surface area contributed by atoms with E-state index in [0.29, 0.717) is 18.3 Å². The second-order valence-electron chi connectivity index (χ2n) is 6.22. The first-order valence-corrected chi connectivity index (χ1v) is 8.32. The second kappa shape index (κ2) is 6.87. The third kappa shape index (κ3) is 3.59. The summed E-state index contributed by atoms with van der Waals surface area (Å²) in [6.45, 7) is 1.44. The van der Waals surface area contributed by atoms with Crippen LogP contribution < -0.4 is 0 Å². The van der Waals surface area contributed by atoms with Crippen molar-refractivity contribution in [3.63, 3.8) is 0 Å². The molecule has 0 aliphatic rings. The van der Waals surface area contributed by atoms with E-state index in [4.69, 9.17) is 4.42 Å². The molecule has 4 aromatic rings. The van der Waals surface area contributed by atoms with Gasteiger partial charge in [0.05, 0.1) is 6.54 Å². The highest BCUT2D eigenvalue weighted by Crippen LogP contribution is 2.19. The molecule has 1 heterocycles. The second-order valence-corrected chi connectivity index (χ2v) is 6.22. The lowest BCUT2D eigenvalue weighted by Gasteiger charge is -2.14. The van der Waals surface area contributed by atoms with E-state index in [2.05, 4.69) is 64.6 Å². The molecule has 4 rings (SSSR count). The minimum Gasteiger partial charge on any atom is -0.419 e. The van der Waals surface area contributed by atoms with Crippen molar-refractivity contribution in [3.8, 4) is 11.5 Å². The van der Waals surface area contributed by atoms with Crippen LogP contribution in [-0.4, -0.2) is 22.1 Å². The van der Waals surface area contributed by atoms with Crippen LogP contribution in [0, 0.1) is 0 Å². The van der Waals surface area contributed by atoms with Crippen LogP contribution in [-0.2, 0) is 13.1 Å². The first-order valence-electron chi connectivity index (χ1n) is 8.32. The molecule has 0 spiro atoms. The van der Waals surface area contributed by atoms with Crippen molar-refractivity contribution in [2.45, 2.75) is 13.1 Å². The Morgan fingerprint density at radius 1 is 0.800 bits per heavy atom. The summed E-state index contributed by atoms with van der Waals surface area (Å²) in [5, 5.41) is 10.8. The van der Waals surface area contributed by atoms with Gasteiger partial charge in [-0.3, -0.25) is 4.90 Å². The number of hydrogen-bond donors (Lipinski definition) is 0. The molecule has 3 aromatic carbocycles. The van der Waals surface area contributed by atoms with E-state index in [0.717, 1.165) is 12.1 Å². The molecule has 4 nitrogen and oxygen atoms in total. The molecule has 0 bridgehead atoms. The van der Waals surface area contributed by atoms with Gasteiger partial charge in [0.15, 0.2) is 0 Å². The van der Waals surface area contributed by atoms with Gasteiger partial charge in [-0.1, -0.05) is 54.6 Å². The minimum absolute atomic E-state index is 0.565. The molecule has 4 heteroatoms. The van der Waals surface area contributed by atoms with Crippen LogP contribution in [0.5, 0.6) is 0 Å². The Balaban J connectivity index is 1.45. The van der Waals surface area contributed by atoms with Crippen molar-refractivity contribution in [3.05, 3.63) is 84.3 Å². The predicted octanol–water partition coefficient (Wildman–Crippen LogP) is 4.52. The molecule has 0 saturated heterocycles. The lowest BCUT2D eigenvalue weighted by Crippen LogP contribution is -2.17. The summed E-state index contributed by atoms with van der Waals surface area (Å²) in [5.41, 5.74) is 2.21. The van der Waals surface area contributed by atoms with Crippen molar-refractivity contribution in [2.75, 3.05) is 7.05 Å². The van der Waals surface area contributed by atoms with Gasteiger partial charge < -0.3 is 4.42 Å². The van der Waals surface area contributed by atoms with E-state index in [1.807, 2.05) is 30.3 Å². The molecule has 0 unspecified atom stereocenters. The first kappa shape index (κ1) is 15.5. The third-order valence-electron chi connectivity index (χ3n) is 4.16. The topological polar surface area (TPSA) is 42.2 Å². The lowest BCUT2D eigenvalue weighted by atomic mass is 10.1. The fraction of sp³-hybridized carbons (Fsp3) is 0.143. The summed E-state index contributed by atoms with van der Waals surface area (Å²) in [6, 6.07) is 24.8. The van der Waals surface area contributed by atoms with E-state index in [-0.39, 0.29) is 0 Å². The number of benzene rings is 3. The van der Waals surface area contributed by atoms with Gasteiger partial charge in [0.2, 0.25) is 11.8 Å². The van der Waals surface area contributed by atoms with Crippen LogP contribution in [0.15, 0.2) is 77.2 Å². The van der Waals surface area contributed by atoms with E-state index in [1.165, 1.54) is 16.3 Å². The van der Waals surface area contributed by atoms with Crippen LogP contribution in [0.25, 0.3) is 22.2 Å². The normalized spacial score (nSPS) is 11.3. The zero-order valence-electron chi connectivity index (χ0n) is 14.1. The molecule has 1 aromatic heterocycles. The van der Waals surface area contributed by atoms with Crippen LogP contribution >= 0.6 is 0 Å². The fourth-order valence-electron chi connectivity index (χ4n) is 2.95. The molecular weight excluding hydrogens is 310 g/mol. The maximum absolute atomic E-state index is 5.78. The fourth-order valence-corrected chi connectivity index (χ4v) is 2.95. The Bertz CT molecular complexity index is 979. The van der Waals surface area contributed by atoms with Gasteiger partial charge in [0.25, 0.3) is 0 Å². The molecule has 0 aliphatic heterocycles. The van der Waals surface area contributed by atoms with Gasteiger partial charge in [0, 0.05) is 12.1 Å². The molecule has 0 aliphatic carbocycles. The van der Waals surface area contributed by atoms with Crippen LogP contribution in [0.3, 0.4) is 0 Å². The standard InChI is InChI=1S/C21H19N3O/c1-24(14-16-11-12-17-7-5-6-10-19(17)13-16)15-20-22-23-21(25-20)18-8-3-2-4-9-18/h2-13H,14-15H2,1H3. The molecular formula is C21H19N3O. The Hall–Kier alpha value is -2.98. The highest BCUT2D eigenvalue weighted by molar-refractivity contribution is 5.82. The summed E-state index contributed by atoms with van der Waals surface area (Å²) in [6.07, 6.45) is 0. The molecule has 25 heavy (non-hydrogen) atoms. The number of fused-ring (bicyclic) bond motifs is 1. The zero-order valence-corrected chi connectivity index (χ0v) is 14.1. The quantitative estimate of drug-likeness (QED) is 0.540. The summed E-state index contributed by atoms with van der Waals surface area (Å²) < 4.78 is 5.78. The SMILES string of the molecule is CN(Cc1ccc2ccccc2c1)Cc1nnc(-c2ccccc2)o1. The van der Waals surface area contributed by atoms with Crippen molar-refractivity contribution in [1.29, 1.82) is 0 Å². The Morgan fingerprint density at radius 2 is 1.56 bits per heavy atom. The maximum atomic E-state index is 5.78. The third-order valence-corrected chi connectivity index (χ3v) is 4.16. The van der Waals surface area contributed by atoms with Crippen molar-refractivity contribution in [2.24, 2.45) is 0 Å². The molecule has 0 fully saturated rings. The Labute approximate surface area is 146 Å². The van der Waals surface area contributed by atoms with Gasteiger partial charge in [-0.15, -0.1) is 10.2 Å². The summed E-state index contributed by atoms with van der Waals surface area (Å²) in [5.74, 6) is 1.19. The van der Waals surface area contributed by atoms with Gasteiger partial charge in [0.1, 0.15) is 0 Å². The number of rotatable bonds is 5. The van der Waals surface area contributed by atoms with Crippen molar-refractivity contribution >= 4 is 10.8 Å². The number of nitrogens with zero attached hydrogens (tertiary/aromatic N) is 3. The highest BCUT2D eigenvalue weighted by Gasteiger charge is 2.11. The Morgan fingerprint density at radius 3 is 2.40 bits per heavy atom. The van der Waals surface area contributed by atoms with Gasteiger partial charge in [-0.2, -0.15) is 0 Å². The van der Waals surface area contributed by atoms with E-state index in [9.17, 15) is 0 Å². The smallest absolute Gasteiger partial charge is 0.247 e. The molecule has 0 atom stereocenters. The molecule has 0 saturated carbocycles. The van der Waals surface area contributed by atoms with Gasteiger partial charge in [-0.25, -0.2) is 0 Å². The van der Waals surface area contributed by atoms with E-state index in [1.54, 1.807) is 0 Å². The summed E-state index contributed by atoms with van der Waals surface area (Å²) >= 11 is 0. The highest BCUT2D eigenvalue weighted by atomic mass is 16.4. The van der Waals surface area contributed by atoms with E-state index >= 15 is 0 Å². The molecule has 0 N–H and O–H groups in total. The zero-order chi connectivity index (χ0) is 17.1. The summed E-state index contributed by atoms with van der Waals surface area (Å²) in [7, 11) is 2.06. The molecule has 124 valence electrons. The largest absolute Gasteiger partial charge is 0.419 e. The Kier molecular flexibility index (Phi) is 4.27. The summed E-state index contributed by atoms with van der Waals surface area (Å²) in [4.78, 5) is 2.17. The van der Waals surface area contributed by atoms with E-state index < -0.39 is 0 Å². The van der Waals surface area contributed by atoms with Crippen molar-refractivity contribution < 1.29 is 4.42 Å². The predicted molar refractivity (Wildman–Crippen MR) is 98.9 cm³/mol. The van der Waals surface area contributed by atoms with Crippen LogP contribution in [0.2, 0.25) is 0 Å². The number of hydrogen-bond acceptors (Lipinski definition) is 4. The molecule has 0 radical (unpaired) electrons. The average Bonchev–Trinajstić information content (AvgIpc) is 3.10. The lowest BCUT2D eigenvalue weighted by molar-refractivity contribution is 0.283. The van der Waals surface area contributed by atoms with Gasteiger partial charge in [-0.05, 0) is 41.6 Å². The monoisotopic (exact) mass is 329 g/mol. The van der Waals surface area contributed by atoms with Crippen LogP contribution in [0.4, 0.5) is 0 Å². The first-order chi connectivity index (χ1) is 12.3. The maximum Gasteiger partial charge on any atom is 0.247 e. The van der Waals surface area contributed by atoms with Crippen molar-refractivity contribution in [1.82, 2.24) is 15.1 Å². The number of aromatic nitrogens is 2. The van der Waals surface area contributed by atoms with Crippen LogP contribution in [0.1, 0.15) is 11.5 Å². The average molecular weight is 329 g/mol. The molecule has 0 amide bonds. The minimum atomic E-state index is 0.565.